The molecule has 1 aromatic carbocycles. The Bertz CT molecular complexity index is 796. The van der Waals surface area contributed by atoms with Gasteiger partial charge in [-0.3, -0.25) is 9.59 Å². The van der Waals surface area contributed by atoms with E-state index in [-0.39, 0.29) is 16.7 Å². The standard InChI is InChI=1S/C21H27N3O4S/c1-15(28-20(27)17-14-29-21(2)9-8-18(25)24(17)21)19(26)23-12-10-22(11-13-23)16-6-4-3-5-7-16/h3-7,15,17H,8-14H2,1-2H3/t15-,17-,21-/m0/s1. The van der Waals surface area contributed by atoms with Gasteiger partial charge in [-0.05, 0) is 32.4 Å². The second-order valence-corrected chi connectivity index (χ2v) is 9.49. The van der Waals surface area contributed by atoms with Crippen LogP contribution in [0.3, 0.4) is 0 Å². The summed E-state index contributed by atoms with van der Waals surface area (Å²) in [5.41, 5.74) is 1.15. The van der Waals surface area contributed by atoms with E-state index in [1.165, 1.54) is 0 Å². The molecule has 8 heteroatoms. The molecule has 3 fully saturated rings. The van der Waals surface area contributed by atoms with Gasteiger partial charge in [0.05, 0.1) is 4.87 Å². The van der Waals surface area contributed by atoms with Gasteiger partial charge >= 0.3 is 5.97 Å². The summed E-state index contributed by atoms with van der Waals surface area (Å²) in [7, 11) is 0. The highest BCUT2D eigenvalue weighted by Gasteiger charge is 2.53. The van der Waals surface area contributed by atoms with Crippen LogP contribution in [0.15, 0.2) is 30.3 Å². The minimum absolute atomic E-state index is 0.00420. The predicted octanol–water partition coefficient (Wildman–Crippen LogP) is 1.72. The molecule has 3 aliphatic rings. The number of thioether (sulfide) groups is 1. The van der Waals surface area contributed by atoms with Gasteiger partial charge in [-0.25, -0.2) is 4.79 Å². The molecule has 3 heterocycles. The molecule has 0 radical (unpaired) electrons. The van der Waals surface area contributed by atoms with Crippen molar-refractivity contribution in [1.82, 2.24) is 9.80 Å². The molecular formula is C21H27N3O4S. The largest absolute Gasteiger partial charge is 0.451 e. The Kier molecular flexibility index (Phi) is 5.46. The van der Waals surface area contributed by atoms with E-state index in [0.717, 1.165) is 25.2 Å². The second-order valence-electron chi connectivity index (χ2n) is 7.99. The Morgan fingerprint density at radius 2 is 1.86 bits per heavy atom. The summed E-state index contributed by atoms with van der Waals surface area (Å²) < 4.78 is 5.51. The van der Waals surface area contributed by atoms with Crippen molar-refractivity contribution in [2.75, 3.05) is 36.8 Å². The van der Waals surface area contributed by atoms with Gasteiger partial charge in [-0.1, -0.05) is 18.2 Å². The first-order valence-corrected chi connectivity index (χ1v) is 11.1. The zero-order valence-corrected chi connectivity index (χ0v) is 17.7. The van der Waals surface area contributed by atoms with Crippen molar-refractivity contribution in [2.45, 2.75) is 43.7 Å². The van der Waals surface area contributed by atoms with Gasteiger partial charge < -0.3 is 19.4 Å². The van der Waals surface area contributed by atoms with Crippen molar-refractivity contribution in [3.8, 4) is 0 Å². The molecule has 0 N–H and O–H groups in total. The fourth-order valence-corrected chi connectivity index (χ4v) is 5.80. The lowest BCUT2D eigenvalue weighted by Crippen LogP contribution is -2.53. The molecule has 7 nitrogen and oxygen atoms in total. The first-order valence-electron chi connectivity index (χ1n) is 10.1. The van der Waals surface area contributed by atoms with Gasteiger partial charge in [0.25, 0.3) is 5.91 Å². The maximum atomic E-state index is 12.8. The van der Waals surface area contributed by atoms with Crippen LogP contribution in [0.1, 0.15) is 26.7 Å². The van der Waals surface area contributed by atoms with E-state index in [9.17, 15) is 14.4 Å². The summed E-state index contributed by atoms with van der Waals surface area (Å²) in [5.74, 6) is -0.125. The van der Waals surface area contributed by atoms with Crippen LogP contribution in [-0.2, 0) is 19.1 Å². The highest BCUT2D eigenvalue weighted by molar-refractivity contribution is 8.01. The number of benzene rings is 1. The molecule has 3 saturated heterocycles. The molecule has 3 atom stereocenters. The van der Waals surface area contributed by atoms with Gasteiger partial charge in [-0.2, -0.15) is 0 Å². The maximum absolute atomic E-state index is 12.8. The zero-order valence-electron chi connectivity index (χ0n) is 16.9. The van der Waals surface area contributed by atoms with E-state index in [0.29, 0.717) is 25.3 Å². The third kappa shape index (κ3) is 3.82. The first-order chi connectivity index (χ1) is 13.9. The molecule has 4 rings (SSSR count). The number of ether oxygens (including phenoxy) is 1. The monoisotopic (exact) mass is 417 g/mol. The number of fused-ring (bicyclic) bond motifs is 1. The van der Waals surface area contributed by atoms with Crippen LogP contribution >= 0.6 is 11.8 Å². The minimum atomic E-state index is -0.847. The number of nitrogens with zero attached hydrogens (tertiary/aromatic N) is 3. The van der Waals surface area contributed by atoms with Crippen molar-refractivity contribution in [1.29, 1.82) is 0 Å². The number of carbonyl (C=O) groups is 3. The van der Waals surface area contributed by atoms with Gasteiger partial charge in [0.2, 0.25) is 5.91 Å². The van der Waals surface area contributed by atoms with E-state index in [2.05, 4.69) is 17.0 Å². The molecule has 0 unspecified atom stereocenters. The summed E-state index contributed by atoms with van der Waals surface area (Å²) >= 11 is 1.62. The molecule has 3 aliphatic heterocycles. The van der Waals surface area contributed by atoms with E-state index in [4.69, 9.17) is 4.74 Å². The Labute approximate surface area is 175 Å². The number of hydrogen-bond acceptors (Lipinski definition) is 6. The van der Waals surface area contributed by atoms with Crippen LogP contribution in [0.5, 0.6) is 0 Å². The number of anilines is 1. The third-order valence-corrected chi connectivity index (χ3v) is 7.58. The lowest BCUT2D eigenvalue weighted by Gasteiger charge is -2.37. The van der Waals surface area contributed by atoms with Crippen molar-refractivity contribution in [3.05, 3.63) is 30.3 Å². The Morgan fingerprint density at radius 1 is 1.17 bits per heavy atom. The Hall–Kier alpha value is -2.22. The van der Waals surface area contributed by atoms with Crippen LogP contribution in [-0.4, -0.2) is 76.5 Å². The number of carbonyl (C=O) groups excluding carboxylic acids is 3. The normalized spacial score (nSPS) is 27.7. The predicted molar refractivity (Wildman–Crippen MR) is 112 cm³/mol. The molecule has 0 spiro atoms. The molecule has 0 saturated carbocycles. The number of amides is 2. The molecular weight excluding hydrogens is 390 g/mol. The summed E-state index contributed by atoms with van der Waals surface area (Å²) in [6.07, 6.45) is 0.369. The maximum Gasteiger partial charge on any atom is 0.330 e. The van der Waals surface area contributed by atoms with E-state index < -0.39 is 18.1 Å². The molecule has 0 aliphatic carbocycles. The fourth-order valence-electron chi connectivity index (χ4n) is 4.38. The smallest absolute Gasteiger partial charge is 0.330 e. The number of rotatable bonds is 4. The van der Waals surface area contributed by atoms with Crippen molar-refractivity contribution >= 4 is 35.2 Å². The van der Waals surface area contributed by atoms with Crippen LogP contribution in [0.25, 0.3) is 0 Å². The quantitative estimate of drug-likeness (QED) is 0.695. The van der Waals surface area contributed by atoms with Crippen molar-refractivity contribution in [2.24, 2.45) is 0 Å². The van der Waals surface area contributed by atoms with Crippen LogP contribution in [0.2, 0.25) is 0 Å². The topological polar surface area (TPSA) is 70.2 Å². The SMILES string of the molecule is C[C@H](OC(=O)[C@@H]1CS[C@@]2(C)CCC(=O)N12)C(=O)N1CCN(c2ccccc2)CC1. The molecule has 29 heavy (non-hydrogen) atoms. The van der Waals surface area contributed by atoms with Gasteiger partial charge in [0.1, 0.15) is 6.04 Å². The number of hydrogen-bond donors (Lipinski definition) is 0. The van der Waals surface area contributed by atoms with E-state index >= 15 is 0 Å². The van der Waals surface area contributed by atoms with Crippen LogP contribution in [0, 0.1) is 0 Å². The summed E-state index contributed by atoms with van der Waals surface area (Å²) in [6.45, 7) is 6.30. The Morgan fingerprint density at radius 3 is 2.55 bits per heavy atom. The number of para-hydroxylation sites is 1. The Balaban J connectivity index is 1.31. The van der Waals surface area contributed by atoms with E-state index in [1.807, 2.05) is 25.1 Å². The lowest BCUT2D eigenvalue weighted by atomic mass is 10.2. The fraction of sp³-hybridized carbons (Fsp3) is 0.571. The molecule has 2 amide bonds. The first kappa shape index (κ1) is 20.1. The van der Waals surface area contributed by atoms with Crippen LogP contribution in [0.4, 0.5) is 5.69 Å². The lowest BCUT2D eigenvalue weighted by molar-refractivity contribution is -0.164. The second kappa shape index (κ2) is 7.89. The highest BCUT2D eigenvalue weighted by Crippen LogP contribution is 2.47. The van der Waals surface area contributed by atoms with Crippen molar-refractivity contribution in [3.63, 3.8) is 0 Å². The molecule has 156 valence electrons. The molecule has 0 bridgehead atoms. The number of piperazine rings is 1. The highest BCUT2D eigenvalue weighted by atomic mass is 32.2. The molecule has 1 aromatic rings. The van der Waals surface area contributed by atoms with Crippen molar-refractivity contribution < 1.29 is 19.1 Å². The number of esters is 1. The zero-order chi connectivity index (χ0) is 20.6. The summed E-state index contributed by atoms with van der Waals surface area (Å²) in [5, 5.41) is 0. The van der Waals surface area contributed by atoms with E-state index in [1.54, 1.807) is 28.5 Å². The summed E-state index contributed by atoms with van der Waals surface area (Å²) in [4.78, 5) is 43.1. The molecule has 0 aromatic heterocycles. The minimum Gasteiger partial charge on any atom is -0.451 e. The summed E-state index contributed by atoms with van der Waals surface area (Å²) in [6, 6.07) is 9.53. The third-order valence-electron chi connectivity index (χ3n) is 6.07. The average Bonchev–Trinajstić information content (AvgIpc) is 3.24. The van der Waals surface area contributed by atoms with Gasteiger partial charge in [0.15, 0.2) is 6.10 Å². The average molecular weight is 418 g/mol. The van der Waals surface area contributed by atoms with Crippen LogP contribution < -0.4 is 4.90 Å². The van der Waals surface area contributed by atoms with Gasteiger partial charge in [-0.15, -0.1) is 11.8 Å². The van der Waals surface area contributed by atoms with Gasteiger partial charge in [0, 0.05) is 44.0 Å².